The zero-order chi connectivity index (χ0) is 12.3. The number of rotatable bonds is 10. The molecule has 1 N–H and O–H groups in total. The molecule has 0 radical (unpaired) electrons. The first-order valence-corrected chi connectivity index (χ1v) is 7.22. The molecule has 2 heteroatoms. The predicted molar refractivity (Wildman–Crippen MR) is 75.2 cm³/mol. The molecule has 1 heterocycles. The van der Waals surface area contributed by atoms with Crippen LogP contribution in [0.25, 0.3) is 0 Å². The molecule has 1 aromatic heterocycles. The molecule has 0 fully saturated rings. The summed E-state index contributed by atoms with van der Waals surface area (Å²) in [7, 11) is 0. The third-order valence-corrected chi connectivity index (χ3v) is 3.21. The van der Waals surface area contributed by atoms with Crippen molar-refractivity contribution in [2.24, 2.45) is 0 Å². The van der Waals surface area contributed by atoms with E-state index in [9.17, 15) is 0 Å². The second-order valence-electron chi connectivity index (χ2n) is 4.79. The van der Waals surface area contributed by atoms with Crippen LogP contribution in [0.4, 0.5) is 0 Å². The molecule has 0 aliphatic heterocycles. The van der Waals surface area contributed by atoms with Crippen LogP contribution in [0.1, 0.15) is 57.9 Å². The minimum atomic E-state index is 1.02. The fraction of sp³-hybridized carbons (Fsp3) is 0.733. The standard InChI is InChI=1S/C15H28N2/c1-3-5-6-7-8-9-11-16-13-15-10-12-17(4-2)14-15/h10,12,14,16H,3-9,11,13H2,1-2H3. The molecule has 0 aromatic carbocycles. The van der Waals surface area contributed by atoms with Crippen LogP contribution in [0.3, 0.4) is 0 Å². The topological polar surface area (TPSA) is 17.0 Å². The second-order valence-corrected chi connectivity index (χ2v) is 4.79. The van der Waals surface area contributed by atoms with E-state index in [-0.39, 0.29) is 0 Å². The number of aromatic nitrogens is 1. The van der Waals surface area contributed by atoms with Gasteiger partial charge in [0.15, 0.2) is 0 Å². The van der Waals surface area contributed by atoms with E-state index in [1.165, 1.54) is 44.1 Å². The molecule has 17 heavy (non-hydrogen) atoms. The van der Waals surface area contributed by atoms with Gasteiger partial charge in [0.25, 0.3) is 0 Å². The van der Waals surface area contributed by atoms with Gasteiger partial charge in [0.05, 0.1) is 0 Å². The molecule has 0 aliphatic carbocycles. The fourth-order valence-electron chi connectivity index (χ4n) is 2.05. The Hall–Kier alpha value is -0.760. The van der Waals surface area contributed by atoms with Crippen LogP contribution in [0.15, 0.2) is 18.5 Å². The molecule has 1 rings (SSSR count). The highest BCUT2D eigenvalue weighted by Gasteiger charge is 1.95. The molecule has 0 saturated carbocycles. The summed E-state index contributed by atoms with van der Waals surface area (Å²) in [6.45, 7) is 7.68. The first-order chi connectivity index (χ1) is 8.36. The van der Waals surface area contributed by atoms with Crippen LogP contribution in [0.5, 0.6) is 0 Å². The molecule has 0 unspecified atom stereocenters. The molecule has 0 amide bonds. The fourth-order valence-corrected chi connectivity index (χ4v) is 2.05. The molecule has 0 spiro atoms. The van der Waals surface area contributed by atoms with Crippen LogP contribution in [0.2, 0.25) is 0 Å². The van der Waals surface area contributed by atoms with E-state index in [1.54, 1.807) is 0 Å². The van der Waals surface area contributed by atoms with E-state index in [0.717, 1.165) is 19.6 Å². The minimum Gasteiger partial charge on any atom is -0.354 e. The van der Waals surface area contributed by atoms with E-state index in [2.05, 4.69) is 42.2 Å². The van der Waals surface area contributed by atoms with Crippen LogP contribution >= 0.6 is 0 Å². The highest BCUT2D eigenvalue weighted by Crippen LogP contribution is 2.04. The third-order valence-electron chi connectivity index (χ3n) is 3.21. The maximum Gasteiger partial charge on any atom is 0.0220 e. The highest BCUT2D eigenvalue weighted by molar-refractivity contribution is 5.09. The first-order valence-electron chi connectivity index (χ1n) is 7.22. The smallest absolute Gasteiger partial charge is 0.0220 e. The molecule has 0 atom stereocenters. The first kappa shape index (κ1) is 14.3. The van der Waals surface area contributed by atoms with Crippen LogP contribution in [-0.4, -0.2) is 11.1 Å². The van der Waals surface area contributed by atoms with E-state index in [0.29, 0.717) is 0 Å². The lowest BCUT2D eigenvalue weighted by Gasteiger charge is -2.03. The van der Waals surface area contributed by atoms with E-state index >= 15 is 0 Å². The van der Waals surface area contributed by atoms with Crippen LogP contribution < -0.4 is 5.32 Å². The van der Waals surface area contributed by atoms with Crippen molar-refractivity contribution < 1.29 is 0 Å². The Morgan fingerprint density at radius 1 is 1.06 bits per heavy atom. The molecular weight excluding hydrogens is 208 g/mol. The number of unbranched alkanes of at least 4 members (excludes halogenated alkanes) is 5. The van der Waals surface area contributed by atoms with Crippen molar-refractivity contribution in [2.75, 3.05) is 6.54 Å². The molecule has 0 bridgehead atoms. The third kappa shape index (κ3) is 6.52. The minimum absolute atomic E-state index is 1.02. The van der Waals surface area contributed by atoms with Gasteiger partial charge >= 0.3 is 0 Å². The summed E-state index contributed by atoms with van der Waals surface area (Å²) < 4.78 is 2.22. The Morgan fingerprint density at radius 2 is 1.82 bits per heavy atom. The van der Waals surface area contributed by atoms with Gasteiger partial charge in [0.2, 0.25) is 0 Å². The lowest BCUT2D eigenvalue weighted by Crippen LogP contribution is -2.14. The number of hydrogen-bond acceptors (Lipinski definition) is 1. The summed E-state index contributed by atoms with van der Waals surface area (Å²) in [6, 6.07) is 2.21. The maximum absolute atomic E-state index is 3.52. The second kappa shape index (κ2) is 9.29. The van der Waals surface area contributed by atoms with Crippen molar-refractivity contribution >= 4 is 0 Å². The van der Waals surface area contributed by atoms with Crippen molar-refractivity contribution in [3.05, 3.63) is 24.0 Å². The molecule has 0 saturated heterocycles. The SMILES string of the molecule is CCCCCCCCNCc1ccn(CC)c1. The van der Waals surface area contributed by atoms with Crippen LogP contribution in [0, 0.1) is 0 Å². The summed E-state index contributed by atoms with van der Waals surface area (Å²) in [5, 5.41) is 3.52. The normalized spacial score (nSPS) is 10.9. The maximum atomic E-state index is 3.52. The summed E-state index contributed by atoms with van der Waals surface area (Å²) in [6.07, 6.45) is 12.6. The lowest BCUT2D eigenvalue weighted by atomic mass is 10.1. The van der Waals surface area contributed by atoms with E-state index in [4.69, 9.17) is 0 Å². The Balaban J connectivity index is 1.93. The van der Waals surface area contributed by atoms with Crippen LogP contribution in [-0.2, 0) is 13.1 Å². The number of hydrogen-bond donors (Lipinski definition) is 1. The largest absolute Gasteiger partial charge is 0.354 e. The summed E-state index contributed by atoms with van der Waals surface area (Å²) in [4.78, 5) is 0. The quantitative estimate of drug-likeness (QED) is 0.608. The average molecular weight is 236 g/mol. The zero-order valence-electron chi connectivity index (χ0n) is 11.5. The van der Waals surface area contributed by atoms with Gasteiger partial charge < -0.3 is 9.88 Å². The van der Waals surface area contributed by atoms with Crippen molar-refractivity contribution in [2.45, 2.75) is 65.5 Å². The predicted octanol–water partition coefficient (Wildman–Crippen LogP) is 3.96. The monoisotopic (exact) mass is 236 g/mol. The van der Waals surface area contributed by atoms with Gasteiger partial charge in [-0.25, -0.2) is 0 Å². The Labute approximate surface area is 106 Å². The van der Waals surface area contributed by atoms with Gasteiger partial charge in [-0.1, -0.05) is 39.0 Å². The Bertz CT molecular complexity index is 278. The van der Waals surface area contributed by atoms with Crippen molar-refractivity contribution in [1.29, 1.82) is 0 Å². The summed E-state index contributed by atoms with van der Waals surface area (Å²) in [5.41, 5.74) is 1.40. The highest BCUT2D eigenvalue weighted by atomic mass is 14.9. The molecule has 1 aromatic rings. The Morgan fingerprint density at radius 3 is 2.53 bits per heavy atom. The number of aryl methyl sites for hydroxylation is 1. The average Bonchev–Trinajstić information content (AvgIpc) is 2.80. The van der Waals surface area contributed by atoms with Gasteiger partial charge in [-0.3, -0.25) is 0 Å². The number of nitrogens with one attached hydrogen (secondary N) is 1. The zero-order valence-corrected chi connectivity index (χ0v) is 11.5. The van der Waals surface area contributed by atoms with Gasteiger partial charge in [0, 0.05) is 25.5 Å². The van der Waals surface area contributed by atoms with Crippen molar-refractivity contribution in [3.63, 3.8) is 0 Å². The van der Waals surface area contributed by atoms with Crippen molar-refractivity contribution in [1.82, 2.24) is 9.88 Å². The lowest BCUT2D eigenvalue weighted by molar-refractivity contribution is 0.571. The van der Waals surface area contributed by atoms with Gasteiger partial charge in [-0.15, -0.1) is 0 Å². The summed E-state index contributed by atoms with van der Waals surface area (Å²) >= 11 is 0. The summed E-state index contributed by atoms with van der Waals surface area (Å²) in [5.74, 6) is 0. The molecule has 0 aliphatic rings. The molecular formula is C15H28N2. The molecule has 98 valence electrons. The van der Waals surface area contributed by atoms with Gasteiger partial charge in [0.1, 0.15) is 0 Å². The van der Waals surface area contributed by atoms with E-state index in [1.807, 2.05) is 0 Å². The Kier molecular flexibility index (Phi) is 7.81. The number of nitrogens with zero attached hydrogens (tertiary/aromatic N) is 1. The van der Waals surface area contributed by atoms with Gasteiger partial charge in [-0.2, -0.15) is 0 Å². The van der Waals surface area contributed by atoms with E-state index < -0.39 is 0 Å². The van der Waals surface area contributed by atoms with Crippen molar-refractivity contribution in [3.8, 4) is 0 Å². The van der Waals surface area contributed by atoms with Gasteiger partial charge in [-0.05, 0) is 31.5 Å². The molecule has 2 nitrogen and oxygen atoms in total.